The Bertz CT molecular complexity index is 801. The molecule has 10 heteroatoms. The van der Waals surface area contributed by atoms with Gasteiger partial charge in [-0.25, -0.2) is 13.6 Å². The summed E-state index contributed by atoms with van der Waals surface area (Å²) in [5, 5.41) is 10.9. The minimum atomic E-state index is -1.34. The summed E-state index contributed by atoms with van der Waals surface area (Å²) in [6.45, 7) is 7.38. The van der Waals surface area contributed by atoms with Gasteiger partial charge in [0.1, 0.15) is 6.04 Å². The number of carbonyl (C=O) groups is 2. The Kier molecular flexibility index (Phi) is 5.14. The third-order valence-corrected chi connectivity index (χ3v) is 5.63. The lowest BCUT2D eigenvalue weighted by atomic mass is 9.78. The summed E-state index contributed by atoms with van der Waals surface area (Å²) in [5.74, 6) is -2.97. The molecule has 3 rings (SSSR count). The molecule has 2 amide bonds. The largest absolute Gasteiger partial charge is 0.497 e. The summed E-state index contributed by atoms with van der Waals surface area (Å²) in [6.07, 6.45) is -0.586. The Morgan fingerprint density at radius 2 is 1.82 bits per heavy atom. The first kappa shape index (κ1) is 20.5. The zero-order valence-electron chi connectivity index (χ0n) is 16.2. The number of hydrogen-bond acceptors (Lipinski definition) is 4. The van der Waals surface area contributed by atoms with Gasteiger partial charge in [0.15, 0.2) is 11.6 Å². The fourth-order valence-electron chi connectivity index (χ4n) is 3.31. The Balaban J connectivity index is 1.89. The highest BCUT2D eigenvalue weighted by molar-refractivity contribution is 6.62. The van der Waals surface area contributed by atoms with Gasteiger partial charge in [0.05, 0.1) is 16.9 Å². The lowest BCUT2D eigenvalue weighted by Crippen LogP contribution is -2.52. The number of hydrogen-bond donors (Lipinski definition) is 2. The van der Waals surface area contributed by atoms with Crippen LogP contribution in [-0.2, 0) is 14.1 Å². The van der Waals surface area contributed by atoms with Crippen LogP contribution in [0, 0.1) is 11.6 Å². The highest BCUT2D eigenvalue weighted by atomic mass is 19.2. The van der Waals surface area contributed by atoms with E-state index < -0.39 is 48.0 Å². The van der Waals surface area contributed by atoms with Crippen LogP contribution in [0.3, 0.4) is 0 Å². The van der Waals surface area contributed by atoms with Gasteiger partial charge in [-0.1, -0.05) is 6.07 Å². The molecule has 2 heterocycles. The highest BCUT2D eigenvalue weighted by Gasteiger charge is 2.52. The fourth-order valence-corrected chi connectivity index (χ4v) is 3.31. The average molecular weight is 396 g/mol. The van der Waals surface area contributed by atoms with E-state index in [4.69, 9.17) is 14.4 Å². The molecule has 0 aromatic heterocycles. The molecule has 2 fully saturated rings. The number of amides is 2. The van der Waals surface area contributed by atoms with Gasteiger partial charge in [0.25, 0.3) is 0 Å². The Morgan fingerprint density at radius 1 is 1.21 bits per heavy atom. The van der Waals surface area contributed by atoms with Crippen molar-refractivity contribution in [2.75, 3.05) is 11.4 Å². The quantitative estimate of drug-likeness (QED) is 0.764. The van der Waals surface area contributed by atoms with E-state index in [9.17, 15) is 18.4 Å². The molecule has 28 heavy (non-hydrogen) atoms. The van der Waals surface area contributed by atoms with Gasteiger partial charge >= 0.3 is 13.2 Å². The van der Waals surface area contributed by atoms with Crippen LogP contribution in [0.1, 0.15) is 40.5 Å². The van der Waals surface area contributed by atoms with Gasteiger partial charge in [-0.05, 0) is 46.6 Å². The summed E-state index contributed by atoms with van der Waals surface area (Å²) in [6, 6.07) is 1.63. The Morgan fingerprint density at radius 3 is 2.39 bits per heavy atom. The SMILES string of the molecule is CC1(C)OB(c2ccc(N3CCCC(NC(=O)O)C3=O)c(F)c2F)OC1(C)C. The monoisotopic (exact) mass is 396 g/mol. The zero-order valence-corrected chi connectivity index (χ0v) is 16.2. The predicted octanol–water partition coefficient (Wildman–Crippen LogP) is 2.03. The van der Waals surface area contributed by atoms with Gasteiger partial charge in [-0.2, -0.15) is 0 Å². The molecule has 0 saturated carbocycles. The standard InChI is InChI=1S/C18H23BF2N2O5/c1-17(2)18(3,4)28-19(27-17)10-7-8-12(14(21)13(10)20)23-9-5-6-11(15(23)24)22-16(25)26/h7-8,11,22H,5-6,9H2,1-4H3,(H,25,26). The first-order valence-corrected chi connectivity index (χ1v) is 9.09. The predicted molar refractivity (Wildman–Crippen MR) is 98.6 cm³/mol. The molecule has 1 atom stereocenters. The van der Waals surface area contributed by atoms with Crippen LogP contribution in [0.2, 0.25) is 0 Å². The van der Waals surface area contributed by atoms with Gasteiger partial charge in [-0.15, -0.1) is 0 Å². The molecule has 0 aliphatic carbocycles. The molecule has 0 radical (unpaired) electrons. The first-order valence-electron chi connectivity index (χ1n) is 9.09. The van der Waals surface area contributed by atoms with E-state index in [1.807, 2.05) is 0 Å². The zero-order chi connectivity index (χ0) is 20.9. The van der Waals surface area contributed by atoms with Crippen molar-refractivity contribution < 1.29 is 32.8 Å². The summed E-state index contributed by atoms with van der Waals surface area (Å²) in [4.78, 5) is 24.4. The number of carbonyl (C=O) groups excluding carboxylic acids is 1. The molecule has 7 nitrogen and oxygen atoms in total. The topological polar surface area (TPSA) is 88.1 Å². The molecule has 2 N–H and O–H groups in total. The first-order chi connectivity index (χ1) is 12.9. The molecule has 0 spiro atoms. The van der Waals surface area contributed by atoms with Crippen molar-refractivity contribution >= 4 is 30.3 Å². The van der Waals surface area contributed by atoms with E-state index in [1.54, 1.807) is 27.7 Å². The fraction of sp³-hybridized carbons (Fsp3) is 0.556. The second-order valence-electron chi connectivity index (χ2n) is 8.02. The summed E-state index contributed by atoms with van der Waals surface area (Å²) in [7, 11) is -1.08. The van der Waals surface area contributed by atoms with Crippen molar-refractivity contribution in [2.45, 2.75) is 57.8 Å². The Hall–Kier alpha value is -2.20. The number of halogens is 2. The summed E-state index contributed by atoms with van der Waals surface area (Å²) in [5.41, 5.74) is -1.75. The number of benzene rings is 1. The van der Waals surface area contributed by atoms with Gasteiger partial charge in [-0.3, -0.25) is 4.79 Å². The van der Waals surface area contributed by atoms with E-state index in [-0.39, 0.29) is 17.7 Å². The number of piperidine rings is 1. The number of nitrogens with zero attached hydrogens (tertiary/aromatic N) is 1. The normalized spacial score (nSPS) is 23.8. The van der Waals surface area contributed by atoms with Crippen LogP contribution >= 0.6 is 0 Å². The third kappa shape index (κ3) is 3.46. The molecule has 2 aliphatic heterocycles. The van der Waals surface area contributed by atoms with Crippen LogP contribution in [0.4, 0.5) is 19.3 Å². The van der Waals surface area contributed by atoms with E-state index in [0.29, 0.717) is 12.8 Å². The maximum atomic E-state index is 14.8. The molecule has 1 aromatic carbocycles. The van der Waals surface area contributed by atoms with Gasteiger partial charge in [0, 0.05) is 12.0 Å². The molecular formula is C18H23BF2N2O5. The van der Waals surface area contributed by atoms with E-state index in [1.165, 1.54) is 12.1 Å². The average Bonchev–Trinajstić information content (AvgIpc) is 2.79. The van der Waals surface area contributed by atoms with Crippen LogP contribution in [0.5, 0.6) is 0 Å². The second-order valence-corrected chi connectivity index (χ2v) is 8.02. The number of rotatable bonds is 3. The number of carboxylic acid groups (broad SMARTS) is 1. The Labute approximate surface area is 162 Å². The van der Waals surface area contributed by atoms with Crippen molar-refractivity contribution in [1.82, 2.24) is 5.32 Å². The van der Waals surface area contributed by atoms with Crippen molar-refractivity contribution in [2.24, 2.45) is 0 Å². The van der Waals surface area contributed by atoms with Crippen molar-refractivity contribution in [3.05, 3.63) is 23.8 Å². The van der Waals surface area contributed by atoms with Gasteiger partial charge < -0.3 is 24.6 Å². The maximum Gasteiger partial charge on any atom is 0.497 e. The van der Waals surface area contributed by atoms with E-state index in [0.717, 1.165) is 4.90 Å². The minimum absolute atomic E-state index is 0.0930. The number of anilines is 1. The lowest BCUT2D eigenvalue weighted by molar-refractivity contribution is -0.121. The third-order valence-electron chi connectivity index (χ3n) is 5.63. The molecule has 1 unspecified atom stereocenters. The highest BCUT2D eigenvalue weighted by Crippen LogP contribution is 2.37. The molecule has 2 saturated heterocycles. The summed E-state index contributed by atoms with van der Waals surface area (Å²) < 4.78 is 41.2. The molecule has 152 valence electrons. The van der Waals surface area contributed by atoms with Crippen molar-refractivity contribution in [3.8, 4) is 0 Å². The summed E-state index contributed by atoms with van der Waals surface area (Å²) >= 11 is 0. The van der Waals surface area contributed by atoms with Crippen LogP contribution in [-0.4, -0.2) is 48.0 Å². The van der Waals surface area contributed by atoms with Crippen molar-refractivity contribution in [1.29, 1.82) is 0 Å². The second kappa shape index (κ2) is 7.00. The van der Waals surface area contributed by atoms with Crippen LogP contribution in [0.25, 0.3) is 0 Å². The maximum absolute atomic E-state index is 14.8. The number of nitrogens with one attached hydrogen (secondary N) is 1. The molecular weight excluding hydrogens is 373 g/mol. The smallest absolute Gasteiger partial charge is 0.465 e. The van der Waals surface area contributed by atoms with Crippen LogP contribution < -0.4 is 15.7 Å². The minimum Gasteiger partial charge on any atom is -0.465 e. The van der Waals surface area contributed by atoms with E-state index >= 15 is 0 Å². The molecule has 0 bridgehead atoms. The van der Waals surface area contributed by atoms with Gasteiger partial charge in [0.2, 0.25) is 5.91 Å². The molecule has 2 aliphatic rings. The van der Waals surface area contributed by atoms with E-state index in [2.05, 4.69) is 5.32 Å². The van der Waals surface area contributed by atoms with Crippen LogP contribution in [0.15, 0.2) is 12.1 Å². The lowest BCUT2D eigenvalue weighted by Gasteiger charge is -2.32. The van der Waals surface area contributed by atoms with Crippen molar-refractivity contribution in [3.63, 3.8) is 0 Å². The molecule has 1 aromatic rings.